The number of hydrogen-bond acceptors (Lipinski definition) is 3. The number of hydrogen-bond donors (Lipinski definition) is 2. The molecule has 4 fully saturated rings. The highest BCUT2D eigenvalue weighted by Gasteiger charge is 2.60. The lowest BCUT2D eigenvalue weighted by Crippen LogP contribution is -2.54. The quantitative estimate of drug-likeness (QED) is 0.316. The third-order valence-corrected chi connectivity index (χ3v) is 11.8. The van der Waals surface area contributed by atoms with E-state index in [0.717, 1.165) is 61.1 Å². The Morgan fingerprint density at radius 3 is 2.41 bits per heavy atom. The second-order valence-electron chi connectivity index (χ2n) is 14.0. The zero-order valence-corrected chi connectivity index (χ0v) is 23.4. The van der Waals surface area contributed by atoms with Crippen LogP contribution in [0, 0.1) is 52.3 Å². The van der Waals surface area contributed by atoms with Gasteiger partial charge in [-0.25, -0.2) is 0 Å². The first-order valence-electron chi connectivity index (χ1n) is 15.3. The predicted molar refractivity (Wildman–Crippen MR) is 145 cm³/mol. The average molecular weight is 475 g/mol. The van der Waals surface area contributed by atoms with Crippen LogP contribution in [0.25, 0.3) is 0 Å². The van der Waals surface area contributed by atoms with E-state index in [1.807, 2.05) is 0 Å². The van der Waals surface area contributed by atoms with Gasteiger partial charge in [0.15, 0.2) is 0 Å². The van der Waals surface area contributed by atoms with Gasteiger partial charge in [-0.1, -0.05) is 53.9 Å². The Morgan fingerprint density at radius 1 is 0.882 bits per heavy atom. The van der Waals surface area contributed by atoms with Gasteiger partial charge in [-0.15, -0.1) is 0 Å². The first-order chi connectivity index (χ1) is 16.3. The SMILES string of the molecule is CC(C)CCC[C@@H](C)[C@H]1CC[C@H]2[C@@H]3CC[C@H]4C[C@@H](OCCNCCN)CC[C@]4(C)C3CC[C@]12C. The lowest BCUT2D eigenvalue weighted by Gasteiger charge is -2.61. The molecular formula is C31H58N2O. The molecule has 0 radical (unpaired) electrons. The standard InChI is InChI=1S/C31H58N2O/c1-22(2)7-6-8-23(3)27-11-12-28-26-10-9-24-21-25(34-20-19-33-18-17-32)13-15-30(24,4)29(26)14-16-31(27,28)5/h22-29,33H,6-21,32H2,1-5H3/t23-,24+,25+,26+,27-,28+,29?,30+,31-/m1/s1. The molecule has 3 N–H and O–H groups in total. The molecule has 4 aliphatic carbocycles. The van der Waals surface area contributed by atoms with Crippen molar-refractivity contribution in [2.75, 3.05) is 26.2 Å². The molecule has 0 spiro atoms. The maximum absolute atomic E-state index is 6.33. The molecule has 9 atom stereocenters. The van der Waals surface area contributed by atoms with Gasteiger partial charge in [0, 0.05) is 19.6 Å². The normalized spacial score (nSPS) is 42.8. The van der Waals surface area contributed by atoms with Gasteiger partial charge in [0.05, 0.1) is 12.7 Å². The second-order valence-corrected chi connectivity index (χ2v) is 14.0. The van der Waals surface area contributed by atoms with Gasteiger partial charge in [0.1, 0.15) is 0 Å². The molecule has 0 heterocycles. The monoisotopic (exact) mass is 474 g/mol. The molecule has 0 aliphatic heterocycles. The van der Waals surface area contributed by atoms with Crippen LogP contribution in [0.15, 0.2) is 0 Å². The van der Waals surface area contributed by atoms with Crippen LogP contribution < -0.4 is 11.1 Å². The fourth-order valence-electron chi connectivity index (χ4n) is 9.92. The highest BCUT2D eigenvalue weighted by Crippen LogP contribution is 2.68. The fourth-order valence-corrected chi connectivity index (χ4v) is 9.92. The predicted octanol–water partition coefficient (Wildman–Crippen LogP) is 7.04. The summed E-state index contributed by atoms with van der Waals surface area (Å²) in [5.41, 5.74) is 6.78. The smallest absolute Gasteiger partial charge is 0.0594 e. The van der Waals surface area contributed by atoms with E-state index in [0.29, 0.717) is 23.5 Å². The average Bonchev–Trinajstić information content (AvgIpc) is 3.16. The molecule has 0 aromatic carbocycles. The van der Waals surface area contributed by atoms with Gasteiger partial charge < -0.3 is 15.8 Å². The summed E-state index contributed by atoms with van der Waals surface area (Å²) in [7, 11) is 0. The van der Waals surface area contributed by atoms with Crippen molar-refractivity contribution in [1.29, 1.82) is 0 Å². The number of ether oxygens (including phenoxy) is 1. The Bertz CT molecular complexity index is 637. The van der Waals surface area contributed by atoms with Crippen molar-refractivity contribution in [3.63, 3.8) is 0 Å². The Balaban J connectivity index is 1.34. The number of nitrogens with two attached hydrogens (primary N) is 1. The van der Waals surface area contributed by atoms with E-state index in [4.69, 9.17) is 10.5 Å². The van der Waals surface area contributed by atoms with E-state index in [9.17, 15) is 0 Å². The zero-order valence-electron chi connectivity index (χ0n) is 23.4. The zero-order chi connectivity index (χ0) is 24.3. The van der Waals surface area contributed by atoms with Gasteiger partial charge in [0.25, 0.3) is 0 Å². The van der Waals surface area contributed by atoms with E-state index in [1.165, 1.54) is 77.0 Å². The Kier molecular flexibility index (Phi) is 9.12. The topological polar surface area (TPSA) is 47.3 Å². The summed E-state index contributed by atoms with van der Waals surface area (Å²) < 4.78 is 6.33. The first kappa shape index (κ1) is 26.9. The summed E-state index contributed by atoms with van der Waals surface area (Å²) in [5, 5.41) is 3.38. The maximum atomic E-state index is 6.33. The van der Waals surface area contributed by atoms with Gasteiger partial charge in [-0.3, -0.25) is 0 Å². The summed E-state index contributed by atoms with van der Waals surface area (Å²) in [6.07, 6.45) is 17.8. The molecule has 34 heavy (non-hydrogen) atoms. The number of rotatable bonds is 11. The van der Waals surface area contributed by atoms with Gasteiger partial charge in [0.2, 0.25) is 0 Å². The first-order valence-corrected chi connectivity index (χ1v) is 15.3. The molecule has 4 saturated carbocycles. The van der Waals surface area contributed by atoms with Crippen LogP contribution in [0.5, 0.6) is 0 Å². The summed E-state index contributed by atoms with van der Waals surface area (Å²) in [5.74, 6) is 6.64. The molecule has 3 heteroatoms. The van der Waals surface area contributed by atoms with Crippen LogP contribution >= 0.6 is 0 Å². The fraction of sp³-hybridized carbons (Fsp3) is 1.00. The molecule has 0 amide bonds. The molecule has 0 bridgehead atoms. The van der Waals surface area contributed by atoms with Crippen molar-refractivity contribution in [3.8, 4) is 0 Å². The molecule has 198 valence electrons. The van der Waals surface area contributed by atoms with Crippen molar-refractivity contribution in [2.24, 2.45) is 58.0 Å². The Morgan fingerprint density at radius 2 is 1.65 bits per heavy atom. The van der Waals surface area contributed by atoms with Gasteiger partial charge >= 0.3 is 0 Å². The summed E-state index contributed by atoms with van der Waals surface area (Å²) in [4.78, 5) is 0. The van der Waals surface area contributed by atoms with Crippen molar-refractivity contribution >= 4 is 0 Å². The molecule has 3 nitrogen and oxygen atoms in total. The van der Waals surface area contributed by atoms with Crippen LogP contribution in [0.1, 0.15) is 112 Å². The van der Waals surface area contributed by atoms with Crippen molar-refractivity contribution in [1.82, 2.24) is 5.32 Å². The highest BCUT2D eigenvalue weighted by molar-refractivity contribution is 5.09. The van der Waals surface area contributed by atoms with Crippen LogP contribution in [0.3, 0.4) is 0 Å². The summed E-state index contributed by atoms with van der Waals surface area (Å²) in [6, 6.07) is 0. The lowest BCUT2D eigenvalue weighted by atomic mass is 9.44. The Labute approximate surface area is 212 Å². The van der Waals surface area contributed by atoms with E-state index in [1.54, 1.807) is 0 Å². The molecule has 1 unspecified atom stereocenters. The van der Waals surface area contributed by atoms with E-state index < -0.39 is 0 Å². The molecule has 0 saturated heterocycles. The minimum Gasteiger partial charge on any atom is -0.377 e. The Hall–Kier alpha value is -0.120. The van der Waals surface area contributed by atoms with Crippen molar-refractivity contribution in [3.05, 3.63) is 0 Å². The molecule has 0 aromatic rings. The van der Waals surface area contributed by atoms with Crippen LogP contribution in [0.2, 0.25) is 0 Å². The maximum Gasteiger partial charge on any atom is 0.0594 e. The minimum atomic E-state index is 0.491. The molecular weight excluding hydrogens is 416 g/mol. The van der Waals surface area contributed by atoms with Crippen molar-refractivity contribution < 1.29 is 4.74 Å². The third-order valence-electron chi connectivity index (χ3n) is 11.8. The van der Waals surface area contributed by atoms with Crippen LogP contribution in [-0.4, -0.2) is 32.3 Å². The molecule has 4 rings (SSSR count). The highest BCUT2D eigenvalue weighted by atomic mass is 16.5. The van der Waals surface area contributed by atoms with Crippen LogP contribution in [-0.2, 0) is 4.74 Å². The van der Waals surface area contributed by atoms with Gasteiger partial charge in [-0.2, -0.15) is 0 Å². The summed E-state index contributed by atoms with van der Waals surface area (Å²) >= 11 is 0. The van der Waals surface area contributed by atoms with Crippen molar-refractivity contribution in [2.45, 2.75) is 118 Å². The number of nitrogens with one attached hydrogen (secondary N) is 1. The minimum absolute atomic E-state index is 0.491. The molecule has 4 aliphatic rings. The molecule has 0 aromatic heterocycles. The third kappa shape index (κ3) is 5.42. The number of fused-ring (bicyclic) bond motifs is 5. The van der Waals surface area contributed by atoms with E-state index in [-0.39, 0.29) is 0 Å². The largest absolute Gasteiger partial charge is 0.377 e. The van der Waals surface area contributed by atoms with Gasteiger partial charge in [-0.05, 0) is 110 Å². The lowest BCUT2D eigenvalue weighted by molar-refractivity contribution is -0.136. The second kappa shape index (κ2) is 11.5. The van der Waals surface area contributed by atoms with E-state index >= 15 is 0 Å². The summed E-state index contributed by atoms with van der Waals surface area (Å²) in [6.45, 7) is 16.2. The van der Waals surface area contributed by atoms with E-state index in [2.05, 4.69) is 39.9 Å². The van der Waals surface area contributed by atoms with Crippen LogP contribution in [0.4, 0.5) is 0 Å².